The molecule has 0 saturated heterocycles. The minimum Gasteiger partial charge on any atom is -0.396 e. The zero-order valence-corrected chi connectivity index (χ0v) is 13.2. The minimum absolute atomic E-state index is 0.681. The number of nitrogens with zero attached hydrogens (tertiary/aromatic N) is 1. The van der Waals surface area contributed by atoms with Gasteiger partial charge in [-0.1, -0.05) is 53.6 Å². The van der Waals surface area contributed by atoms with Gasteiger partial charge in [0.1, 0.15) is 6.61 Å². The number of aryl methyl sites for hydroxylation is 1. The van der Waals surface area contributed by atoms with Gasteiger partial charge in [0, 0.05) is 0 Å². The zero-order valence-electron chi connectivity index (χ0n) is 13.2. The topological polar surface area (TPSA) is 21.6 Å². The van der Waals surface area contributed by atoms with Crippen LogP contribution in [0.15, 0.2) is 41.1 Å². The molecule has 0 bridgehead atoms. The minimum atomic E-state index is 0.681. The molecule has 0 saturated carbocycles. The molecule has 1 rings (SSSR count). The van der Waals surface area contributed by atoms with E-state index in [9.17, 15) is 0 Å². The second kappa shape index (κ2) is 9.35. The Morgan fingerprint density at radius 3 is 2.55 bits per heavy atom. The molecule has 20 heavy (non-hydrogen) atoms. The highest BCUT2D eigenvalue weighted by atomic mass is 16.6. The van der Waals surface area contributed by atoms with Crippen LogP contribution in [-0.2, 0) is 4.84 Å². The van der Waals surface area contributed by atoms with Crippen molar-refractivity contribution >= 4 is 6.21 Å². The summed E-state index contributed by atoms with van der Waals surface area (Å²) in [6.45, 7) is 9.33. The summed E-state index contributed by atoms with van der Waals surface area (Å²) in [5, 5.41) is 4.01. The van der Waals surface area contributed by atoms with Crippen molar-refractivity contribution in [3.8, 4) is 0 Å². The monoisotopic (exact) mass is 273 g/mol. The van der Waals surface area contributed by atoms with E-state index < -0.39 is 0 Å². The van der Waals surface area contributed by atoms with E-state index in [4.69, 9.17) is 4.84 Å². The van der Waals surface area contributed by atoms with Gasteiger partial charge < -0.3 is 4.84 Å². The van der Waals surface area contributed by atoms with Gasteiger partial charge in [-0.3, -0.25) is 0 Å². The largest absolute Gasteiger partial charge is 0.396 e. The number of allylic oxidation sites excluding steroid dienone is 2. The van der Waals surface area contributed by atoms with E-state index >= 15 is 0 Å². The third kappa shape index (κ3) is 7.78. The Labute approximate surface area is 123 Å². The molecule has 0 aliphatic rings. The molecule has 0 aliphatic heterocycles. The molecule has 0 aliphatic carbocycles. The van der Waals surface area contributed by atoms with Gasteiger partial charge in [-0.05, 0) is 51.5 Å². The lowest BCUT2D eigenvalue weighted by Crippen LogP contribution is -1.99. The first-order valence-electron chi connectivity index (χ1n) is 7.43. The first-order valence-corrected chi connectivity index (χ1v) is 7.43. The van der Waals surface area contributed by atoms with Gasteiger partial charge in [-0.25, -0.2) is 0 Å². The molecule has 0 amide bonds. The summed E-state index contributed by atoms with van der Waals surface area (Å²) in [6.07, 6.45) is 7.51. The van der Waals surface area contributed by atoms with Crippen molar-refractivity contribution in [3.63, 3.8) is 0 Å². The van der Waals surface area contributed by atoms with Crippen molar-refractivity contribution in [1.29, 1.82) is 0 Å². The quantitative estimate of drug-likeness (QED) is 0.279. The molecule has 1 unspecified atom stereocenters. The fourth-order valence-electron chi connectivity index (χ4n) is 1.86. The van der Waals surface area contributed by atoms with Crippen LogP contribution in [0.5, 0.6) is 0 Å². The molecular weight excluding hydrogens is 246 g/mol. The third-order valence-electron chi connectivity index (χ3n) is 3.27. The van der Waals surface area contributed by atoms with E-state index in [1.807, 2.05) is 12.1 Å². The lowest BCUT2D eigenvalue weighted by atomic mass is 10.0. The van der Waals surface area contributed by atoms with Gasteiger partial charge in [0.25, 0.3) is 0 Å². The summed E-state index contributed by atoms with van der Waals surface area (Å²) in [7, 11) is 0. The summed E-state index contributed by atoms with van der Waals surface area (Å²) in [4.78, 5) is 5.32. The van der Waals surface area contributed by atoms with Gasteiger partial charge in [0.2, 0.25) is 0 Å². The molecule has 0 heterocycles. The molecule has 1 atom stereocenters. The predicted octanol–water partition coefficient (Wildman–Crippen LogP) is 5.12. The van der Waals surface area contributed by atoms with E-state index in [0.717, 1.165) is 18.4 Å². The van der Waals surface area contributed by atoms with Crippen molar-refractivity contribution < 1.29 is 4.84 Å². The highest BCUT2D eigenvalue weighted by Crippen LogP contribution is 2.11. The Kier molecular flexibility index (Phi) is 7.71. The van der Waals surface area contributed by atoms with Gasteiger partial charge in [0.15, 0.2) is 0 Å². The molecule has 0 radical (unpaired) electrons. The number of hydrogen-bond donors (Lipinski definition) is 0. The molecule has 0 aromatic heterocycles. The molecule has 2 heteroatoms. The number of hydrogen-bond acceptors (Lipinski definition) is 2. The average Bonchev–Trinajstić information content (AvgIpc) is 2.40. The molecule has 0 N–H and O–H groups in total. The maximum Gasteiger partial charge on any atom is 0.117 e. The van der Waals surface area contributed by atoms with E-state index in [0.29, 0.717) is 12.5 Å². The SMILES string of the molecule is CC(C)=CCCC(C)CCO/N=C/c1ccc(C)cc1. The molecule has 1 aromatic carbocycles. The lowest BCUT2D eigenvalue weighted by Gasteiger charge is -2.08. The van der Waals surface area contributed by atoms with Crippen molar-refractivity contribution in [2.75, 3.05) is 6.61 Å². The summed E-state index contributed by atoms with van der Waals surface area (Å²) in [5.41, 5.74) is 3.73. The Morgan fingerprint density at radius 1 is 1.20 bits per heavy atom. The van der Waals surface area contributed by atoms with Crippen LogP contribution < -0.4 is 0 Å². The summed E-state index contributed by atoms with van der Waals surface area (Å²) in [5.74, 6) is 0.681. The lowest BCUT2D eigenvalue weighted by molar-refractivity contribution is 0.131. The van der Waals surface area contributed by atoms with E-state index in [-0.39, 0.29) is 0 Å². The fourth-order valence-corrected chi connectivity index (χ4v) is 1.86. The second-order valence-corrected chi connectivity index (χ2v) is 5.73. The highest BCUT2D eigenvalue weighted by molar-refractivity contribution is 5.79. The van der Waals surface area contributed by atoms with Crippen LogP contribution in [0.25, 0.3) is 0 Å². The average molecular weight is 273 g/mol. The highest BCUT2D eigenvalue weighted by Gasteiger charge is 2.00. The van der Waals surface area contributed by atoms with Crippen molar-refractivity contribution in [3.05, 3.63) is 47.0 Å². The van der Waals surface area contributed by atoms with Gasteiger partial charge in [-0.2, -0.15) is 0 Å². The molecule has 0 spiro atoms. The Morgan fingerprint density at radius 2 is 1.90 bits per heavy atom. The number of benzene rings is 1. The van der Waals surface area contributed by atoms with Gasteiger partial charge >= 0.3 is 0 Å². The van der Waals surface area contributed by atoms with Crippen molar-refractivity contribution in [1.82, 2.24) is 0 Å². The first kappa shape index (κ1) is 16.5. The Hall–Kier alpha value is -1.57. The van der Waals surface area contributed by atoms with Crippen LogP contribution in [0.4, 0.5) is 0 Å². The van der Waals surface area contributed by atoms with Gasteiger partial charge in [0.05, 0.1) is 6.21 Å². The maximum atomic E-state index is 5.32. The van der Waals surface area contributed by atoms with Crippen LogP contribution >= 0.6 is 0 Å². The van der Waals surface area contributed by atoms with Crippen molar-refractivity contribution in [2.45, 2.75) is 47.0 Å². The standard InChI is InChI=1S/C18H27NO/c1-15(2)6-5-7-16(3)12-13-20-19-14-18-10-8-17(4)9-11-18/h6,8-11,14,16H,5,7,12-13H2,1-4H3/b19-14+. The predicted molar refractivity (Wildman–Crippen MR) is 87.2 cm³/mol. The third-order valence-corrected chi connectivity index (χ3v) is 3.27. The number of oxime groups is 1. The molecule has 2 nitrogen and oxygen atoms in total. The molecular formula is C18H27NO. The van der Waals surface area contributed by atoms with E-state index in [1.54, 1.807) is 6.21 Å². The summed E-state index contributed by atoms with van der Waals surface area (Å²) >= 11 is 0. The smallest absolute Gasteiger partial charge is 0.117 e. The van der Waals surface area contributed by atoms with Crippen LogP contribution in [0.2, 0.25) is 0 Å². The Bertz CT molecular complexity index is 427. The molecule has 1 aromatic rings. The summed E-state index contributed by atoms with van der Waals surface area (Å²) < 4.78 is 0. The zero-order chi connectivity index (χ0) is 14.8. The van der Waals surface area contributed by atoms with Crippen LogP contribution in [-0.4, -0.2) is 12.8 Å². The first-order chi connectivity index (χ1) is 9.58. The second-order valence-electron chi connectivity index (χ2n) is 5.73. The van der Waals surface area contributed by atoms with E-state index in [2.05, 4.69) is 51.1 Å². The fraction of sp³-hybridized carbons (Fsp3) is 0.500. The van der Waals surface area contributed by atoms with Crippen LogP contribution in [0.3, 0.4) is 0 Å². The van der Waals surface area contributed by atoms with Crippen molar-refractivity contribution in [2.24, 2.45) is 11.1 Å². The van der Waals surface area contributed by atoms with Gasteiger partial charge in [-0.15, -0.1) is 0 Å². The maximum absolute atomic E-state index is 5.32. The van der Waals surface area contributed by atoms with Crippen LogP contribution in [0, 0.1) is 12.8 Å². The molecule has 0 fully saturated rings. The van der Waals surface area contributed by atoms with Crippen LogP contribution in [0.1, 0.15) is 51.2 Å². The van der Waals surface area contributed by atoms with E-state index in [1.165, 1.54) is 17.6 Å². The Balaban J connectivity index is 2.15. The normalized spacial score (nSPS) is 12.4. The molecule has 110 valence electrons. The number of rotatable bonds is 8. The summed E-state index contributed by atoms with van der Waals surface area (Å²) in [6, 6.07) is 8.24.